The number of nitrogens with zero attached hydrogens (tertiary/aromatic N) is 1. The molecule has 0 aliphatic heterocycles. The van der Waals surface area contributed by atoms with Gasteiger partial charge in [-0.3, -0.25) is 4.98 Å². The fourth-order valence-corrected chi connectivity index (χ4v) is 2.05. The highest BCUT2D eigenvalue weighted by Gasteiger charge is 2.26. The molecule has 0 aliphatic carbocycles. The molecule has 2 rings (SSSR count). The van der Waals surface area contributed by atoms with Crippen molar-refractivity contribution in [1.82, 2.24) is 4.98 Å². The summed E-state index contributed by atoms with van der Waals surface area (Å²) >= 11 is 5.92. The van der Waals surface area contributed by atoms with Gasteiger partial charge in [0.25, 0.3) is 0 Å². The number of hydrogen-bond acceptors (Lipinski definition) is 2. The van der Waals surface area contributed by atoms with Crippen molar-refractivity contribution < 1.29 is 13.9 Å². The van der Waals surface area contributed by atoms with E-state index >= 15 is 0 Å². The topological polar surface area (TPSA) is 33.1 Å². The average molecular weight is 284 g/mol. The molecule has 1 unspecified atom stereocenters. The molecule has 0 radical (unpaired) electrons. The van der Waals surface area contributed by atoms with Gasteiger partial charge in [-0.1, -0.05) is 17.7 Å². The number of aromatic nitrogens is 1. The molecule has 5 heteroatoms. The highest BCUT2D eigenvalue weighted by molar-refractivity contribution is 6.31. The minimum Gasteiger partial charge on any atom is -0.383 e. The Labute approximate surface area is 114 Å². The molecule has 1 N–H and O–H groups in total. The lowest BCUT2D eigenvalue weighted by molar-refractivity contribution is 0.0529. The summed E-state index contributed by atoms with van der Waals surface area (Å²) in [4.78, 5) is 3.85. The van der Waals surface area contributed by atoms with Crippen molar-refractivity contribution in [3.63, 3.8) is 0 Å². The zero-order valence-corrected chi connectivity index (χ0v) is 11.0. The van der Waals surface area contributed by atoms with Gasteiger partial charge in [-0.05, 0) is 36.8 Å². The van der Waals surface area contributed by atoms with Crippen LogP contribution in [0, 0.1) is 11.6 Å². The van der Waals surface area contributed by atoms with Crippen LogP contribution in [0.15, 0.2) is 36.5 Å². The molecule has 0 bridgehead atoms. The standard InChI is InChI=1S/C14H12ClF2NO/c1-14(19,13-5-4-11(17)8-18-13)7-9-2-3-10(16)6-12(9)15/h2-6,8,19H,7H2,1H3. The van der Waals surface area contributed by atoms with E-state index in [1.165, 1.54) is 30.3 Å². The first kappa shape index (κ1) is 13.9. The fraction of sp³-hybridized carbons (Fsp3) is 0.214. The zero-order valence-electron chi connectivity index (χ0n) is 10.2. The molecule has 0 amide bonds. The van der Waals surface area contributed by atoms with Crippen LogP contribution in [-0.4, -0.2) is 10.1 Å². The fourth-order valence-electron chi connectivity index (χ4n) is 1.82. The van der Waals surface area contributed by atoms with Crippen molar-refractivity contribution in [2.75, 3.05) is 0 Å². The average Bonchev–Trinajstić information content (AvgIpc) is 2.33. The Bertz CT molecular complexity index is 584. The van der Waals surface area contributed by atoms with Gasteiger partial charge in [0, 0.05) is 11.4 Å². The molecule has 0 spiro atoms. The second-order valence-corrected chi connectivity index (χ2v) is 4.96. The Kier molecular flexibility index (Phi) is 3.83. The molecule has 1 aromatic heterocycles. The van der Waals surface area contributed by atoms with E-state index in [0.29, 0.717) is 11.3 Å². The maximum absolute atomic E-state index is 12.9. The van der Waals surface area contributed by atoms with Crippen molar-refractivity contribution in [3.05, 3.63) is 64.4 Å². The first-order valence-corrected chi connectivity index (χ1v) is 6.04. The lowest BCUT2D eigenvalue weighted by Crippen LogP contribution is -2.25. The van der Waals surface area contributed by atoms with Crippen LogP contribution in [0.4, 0.5) is 8.78 Å². The van der Waals surface area contributed by atoms with Crippen molar-refractivity contribution >= 4 is 11.6 Å². The number of benzene rings is 1. The maximum atomic E-state index is 12.9. The summed E-state index contributed by atoms with van der Waals surface area (Å²) in [5, 5.41) is 10.6. The second kappa shape index (κ2) is 5.23. The highest BCUT2D eigenvalue weighted by atomic mass is 35.5. The predicted molar refractivity (Wildman–Crippen MR) is 68.9 cm³/mol. The predicted octanol–water partition coefficient (Wildman–Crippen LogP) is 3.46. The Morgan fingerprint density at radius 3 is 2.47 bits per heavy atom. The third kappa shape index (κ3) is 3.28. The summed E-state index contributed by atoms with van der Waals surface area (Å²) < 4.78 is 25.8. The van der Waals surface area contributed by atoms with Gasteiger partial charge >= 0.3 is 0 Å². The summed E-state index contributed by atoms with van der Waals surface area (Å²) in [5.41, 5.74) is -0.386. The Morgan fingerprint density at radius 1 is 1.21 bits per heavy atom. The number of halogens is 3. The smallest absolute Gasteiger partial charge is 0.141 e. The van der Waals surface area contributed by atoms with E-state index < -0.39 is 17.2 Å². The first-order chi connectivity index (χ1) is 8.88. The minimum absolute atomic E-state index is 0.157. The molecule has 100 valence electrons. The summed E-state index contributed by atoms with van der Waals surface area (Å²) in [7, 11) is 0. The van der Waals surface area contributed by atoms with Crippen LogP contribution in [0.5, 0.6) is 0 Å². The molecule has 2 nitrogen and oxygen atoms in total. The number of aliphatic hydroxyl groups is 1. The second-order valence-electron chi connectivity index (χ2n) is 4.55. The first-order valence-electron chi connectivity index (χ1n) is 5.67. The van der Waals surface area contributed by atoms with E-state index in [1.54, 1.807) is 6.92 Å². The van der Waals surface area contributed by atoms with Crippen LogP contribution in [0.25, 0.3) is 0 Å². The molecule has 0 fully saturated rings. The van der Waals surface area contributed by atoms with Crippen molar-refractivity contribution in [1.29, 1.82) is 0 Å². The van der Waals surface area contributed by atoms with E-state index in [1.807, 2.05) is 0 Å². The molecule has 1 aromatic carbocycles. The molecule has 1 atom stereocenters. The monoisotopic (exact) mass is 283 g/mol. The van der Waals surface area contributed by atoms with Crippen LogP contribution in [0.3, 0.4) is 0 Å². The highest BCUT2D eigenvalue weighted by Crippen LogP contribution is 2.27. The molecule has 2 aromatic rings. The van der Waals surface area contributed by atoms with E-state index in [4.69, 9.17) is 11.6 Å². The van der Waals surface area contributed by atoms with Gasteiger partial charge in [0.15, 0.2) is 0 Å². The van der Waals surface area contributed by atoms with E-state index in [2.05, 4.69) is 4.98 Å². The lowest BCUT2D eigenvalue weighted by atomic mass is 9.92. The Morgan fingerprint density at radius 2 is 1.89 bits per heavy atom. The molecule has 0 saturated carbocycles. The zero-order chi connectivity index (χ0) is 14.0. The summed E-state index contributed by atoms with van der Waals surface area (Å²) in [5.74, 6) is -0.910. The van der Waals surface area contributed by atoms with Gasteiger partial charge < -0.3 is 5.11 Å². The SMILES string of the molecule is CC(O)(Cc1ccc(F)cc1Cl)c1ccc(F)cn1. The van der Waals surface area contributed by atoms with E-state index in [0.717, 1.165) is 6.20 Å². The molecular weight excluding hydrogens is 272 g/mol. The van der Waals surface area contributed by atoms with Crippen molar-refractivity contribution in [2.24, 2.45) is 0 Å². The third-order valence-electron chi connectivity index (χ3n) is 2.83. The lowest BCUT2D eigenvalue weighted by Gasteiger charge is -2.23. The van der Waals surface area contributed by atoms with Crippen LogP contribution in [-0.2, 0) is 12.0 Å². The normalized spacial score (nSPS) is 14.2. The van der Waals surface area contributed by atoms with Gasteiger partial charge in [0.05, 0.1) is 11.9 Å². The summed E-state index contributed by atoms with van der Waals surface area (Å²) in [6.07, 6.45) is 1.20. The molecule has 19 heavy (non-hydrogen) atoms. The Balaban J connectivity index is 2.27. The van der Waals surface area contributed by atoms with Gasteiger partial charge in [0.2, 0.25) is 0 Å². The number of pyridine rings is 1. The van der Waals surface area contributed by atoms with Crippen molar-refractivity contribution in [2.45, 2.75) is 18.9 Å². The largest absolute Gasteiger partial charge is 0.383 e. The van der Waals surface area contributed by atoms with Crippen LogP contribution in [0.2, 0.25) is 5.02 Å². The van der Waals surface area contributed by atoms with E-state index in [-0.39, 0.29) is 11.4 Å². The third-order valence-corrected chi connectivity index (χ3v) is 3.18. The van der Waals surface area contributed by atoms with Crippen LogP contribution < -0.4 is 0 Å². The summed E-state index contributed by atoms with van der Waals surface area (Å²) in [6, 6.07) is 6.60. The molecular formula is C14H12ClF2NO. The Hall–Kier alpha value is -1.52. The number of hydrogen-bond donors (Lipinski definition) is 1. The quantitative estimate of drug-likeness (QED) is 0.936. The molecule has 1 heterocycles. The van der Waals surface area contributed by atoms with Gasteiger partial charge in [-0.2, -0.15) is 0 Å². The summed E-state index contributed by atoms with van der Waals surface area (Å²) in [6.45, 7) is 1.55. The van der Waals surface area contributed by atoms with Crippen LogP contribution >= 0.6 is 11.6 Å². The van der Waals surface area contributed by atoms with E-state index in [9.17, 15) is 13.9 Å². The molecule has 0 aliphatic rings. The van der Waals surface area contributed by atoms with Crippen LogP contribution in [0.1, 0.15) is 18.2 Å². The number of rotatable bonds is 3. The maximum Gasteiger partial charge on any atom is 0.141 e. The van der Waals surface area contributed by atoms with Gasteiger partial charge in [-0.25, -0.2) is 8.78 Å². The van der Waals surface area contributed by atoms with Gasteiger partial charge in [0.1, 0.15) is 17.2 Å². The van der Waals surface area contributed by atoms with Gasteiger partial charge in [-0.15, -0.1) is 0 Å². The van der Waals surface area contributed by atoms with Crippen molar-refractivity contribution in [3.8, 4) is 0 Å². The minimum atomic E-state index is -1.31. The molecule has 0 saturated heterocycles.